The van der Waals surface area contributed by atoms with Crippen LogP contribution in [0.3, 0.4) is 0 Å². The molecule has 1 N–H and O–H groups in total. The molecule has 1 unspecified atom stereocenters. The first-order valence-electron chi connectivity index (χ1n) is 10.4. The maximum absolute atomic E-state index is 12.5. The largest absolute Gasteiger partial charge is 0.573 e. The van der Waals surface area contributed by atoms with Gasteiger partial charge in [0.25, 0.3) is 0 Å². The topological polar surface area (TPSA) is 99.2 Å². The van der Waals surface area contributed by atoms with Gasteiger partial charge in [0.1, 0.15) is 18.1 Å². The van der Waals surface area contributed by atoms with Gasteiger partial charge in [0.2, 0.25) is 0 Å². The summed E-state index contributed by atoms with van der Waals surface area (Å²) in [7, 11) is 0. The second-order valence-corrected chi connectivity index (χ2v) is 8.49. The average molecular weight is 507 g/mol. The molecular formula is C26H16F3N3O3S. The molecule has 0 saturated carbocycles. The number of nitriles is 2. The zero-order valence-corrected chi connectivity index (χ0v) is 19.2. The van der Waals surface area contributed by atoms with E-state index in [0.29, 0.717) is 38.4 Å². The average Bonchev–Trinajstić information content (AvgIpc) is 3.43. The molecule has 1 aromatic heterocycles. The van der Waals surface area contributed by atoms with Gasteiger partial charge in [0.15, 0.2) is 5.60 Å². The van der Waals surface area contributed by atoms with E-state index in [1.807, 2.05) is 12.1 Å². The Kier molecular flexibility index (Phi) is 6.93. The molecule has 10 heteroatoms. The van der Waals surface area contributed by atoms with Gasteiger partial charge in [-0.15, -0.1) is 24.5 Å². The first-order chi connectivity index (χ1) is 17.2. The minimum atomic E-state index is -4.82. The summed E-state index contributed by atoms with van der Waals surface area (Å²) < 4.78 is 47.5. The number of thiazole rings is 1. The number of rotatable bonds is 7. The van der Waals surface area contributed by atoms with Crippen LogP contribution in [0.25, 0.3) is 11.1 Å². The number of ether oxygens (including phenoxy) is 2. The summed E-state index contributed by atoms with van der Waals surface area (Å²) in [5.74, 6) is -0.0828. The number of hydrogen-bond acceptors (Lipinski definition) is 7. The molecule has 0 radical (unpaired) electrons. The minimum Gasteiger partial charge on any atom is -0.489 e. The van der Waals surface area contributed by atoms with Crippen molar-refractivity contribution in [3.63, 3.8) is 0 Å². The van der Waals surface area contributed by atoms with E-state index in [9.17, 15) is 23.5 Å². The molecule has 0 bridgehead atoms. The van der Waals surface area contributed by atoms with E-state index in [4.69, 9.17) is 10.00 Å². The van der Waals surface area contributed by atoms with Gasteiger partial charge in [0, 0.05) is 11.8 Å². The second kappa shape index (κ2) is 10.1. The van der Waals surface area contributed by atoms with Crippen LogP contribution in [0.2, 0.25) is 0 Å². The molecule has 36 heavy (non-hydrogen) atoms. The molecule has 1 atom stereocenters. The summed E-state index contributed by atoms with van der Waals surface area (Å²) in [6, 6.07) is 20.3. The third kappa shape index (κ3) is 5.47. The Morgan fingerprint density at radius 2 is 1.58 bits per heavy atom. The van der Waals surface area contributed by atoms with E-state index in [2.05, 4.69) is 9.72 Å². The zero-order valence-electron chi connectivity index (χ0n) is 18.4. The summed E-state index contributed by atoms with van der Waals surface area (Å²) in [6.45, 7) is -0.241. The van der Waals surface area contributed by atoms with Crippen LogP contribution in [0.15, 0.2) is 78.4 Å². The molecule has 0 aliphatic heterocycles. The van der Waals surface area contributed by atoms with Crippen molar-refractivity contribution >= 4 is 11.3 Å². The number of halogens is 3. The molecular weight excluding hydrogens is 491 g/mol. The monoisotopic (exact) mass is 507 g/mol. The van der Waals surface area contributed by atoms with E-state index in [-0.39, 0.29) is 12.4 Å². The van der Waals surface area contributed by atoms with E-state index in [1.165, 1.54) is 35.7 Å². The predicted molar refractivity (Wildman–Crippen MR) is 125 cm³/mol. The highest BCUT2D eigenvalue weighted by molar-refractivity contribution is 7.09. The fraction of sp³-hybridized carbons (Fsp3) is 0.115. The molecule has 4 rings (SSSR count). The molecule has 0 saturated heterocycles. The zero-order chi connectivity index (χ0) is 25.8. The van der Waals surface area contributed by atoms with Gasteiger partial charge in [-0.3, -0.25) is 4.98 Å². The van der Waals surface area contributed by atoms with Crippen LogP contribution in [-0.2, 0) is 5.60 Å². The van der Waals surface area contributed by atoms with Crippen molar-refractivity contribution in [2.24, 2.45) is 0 Å². The number of aromatic nitrogens is 1. The van der Waals surface area contributed by atoms with E-state index >= 15 is 0 Å². The fourth-order valence-corrected chi connectivity index (χ4v) is 4.24. The van der Waals surface area contributed by atoms with E-state index in [0.717, 1.165) is 12.1 Å². The van der Waals surface area contributed by atoms with Gasteiger partial charge < -0.3 is 14.6 Å². The normalized spacial score (nSPS) is 12.7. The number of aliphatic hydroxyl groups is 1. The van der Waals surface area contributed by atoms with Crippen molar-refractivity contribution < 1.29 is 27.8 Å². The van der Waals surface area contributed by atoms with Gasteiger partial charge >= 0.3 is 6.36 Å². The van der Waals surface area contributed by atoms with Gasteiger partial charge in [0.05, 0.1) is 33.7 Å². The first kappa shape index (κ1) is 24.7. The van der Waals surface area contributed by atoms with Crippen LogP contribution in [0, 0.1) is 22.7 Å². The lowest BCUT2D eigenvalue weighted by molar-refractivity contribution is -0.274. The van der Waals surface area contributed by atoms with Crippen molar-refractivity contribution in [2.45, 2.75) is 12.0 Å². The van der Waals surface area contributed by atoms with Crippen molar-refractivity contribution in [1.29, 1.82) is 10.5 Å². The number of alkyl halides is 3. The van der Waals surface area contributed by atoms with E-state index < -0.39 is 12.0 Å². The molecule has 6 nitrogen and oxygen atoms in total. The highest BCUT2D eigenvalue weighted by Gasteiger charge is 2.35. The van der Waals surface area contributed by atoms with Gasteiger partial charge in [-0.25, -0.2) is 0 Å². The third-order valence-electron chi connectivity index (χ3n) is 5.28. The van der Waals surface area contributed by atoms with Crippen LogP contribution < -0.4 is 9.47 Å². The molecule has 3 aromatic carbocycles. The smallest absolute Gasteiger partial charge is 0.489 e. The predicted octanol–water partition coefficient (Wildman–Crippen LogP) is 5.77. The molecule has 4 aromatic rings. The maximum Gasteiger partial charge on any atom is 0.573 e. The Balaban J connectivity index is 1.68. The van der Waals surface area contributed by atoms with E-state index in [1.54, 1.807) is 41.9 Å². The van der Waals surface area contributed by atoms with Crippen LogP contribution in [0.4, 0.5) is 13.2 Å². The quantitative estimate of drug-likeness (QED) is 0.341. The summed E-state index contributed by atoms with van der Waals surface area (Å²) >= 11 is 1.23. The van der Waals surface area contributed by atoms with Crippen LogP contribution in [0.5, 0.6) is 11.5 Å². The van der Waals surface area contributed by atoms with Crippen LogP contribution in [-0.4, -0.2) is 23.1 Å². The van der Waals surface area contributed by atoms with Crippen molar-refractivity contribution in [2.75, 3.05) is 6.61 Å². The molecule has 0 aliphatic carbocycles. The number of benzene rings is 3. The lowest BCUT2D eigenvalue weighted by Gasteiger charge is -2.28. The Labute approximate surface area is 208 Å². The first-order valence-corrected chi connectivity index (χ1v) is 11.2. The van der Waals surface area contributed by atoms with Gasteiger partial charge in [-0.1, -0.05) is 24.3 Å². The molecule has 0 amide bonds. The molecule has 0 spiro atoms. The number of nitrogens with zero attached hydrogens (tertiary/aromatic N) is 3. The Hall–Kier alpha value is -4.38. The second-order valence-electron chi connectivity index (χ2n) is 7.60. The molecule has 1 heterocycles. The standard InChI is InChI=1S/C26H16F3N3O3S/c27-26(28,29)35-21-8-4-19(5-9-21)22-11-18(13-31)3-10-23(22)34-15-25(33,24-14-32-16-36-24)20-6-1-17(12-30)2-7-20/h1-11,14,16,33H,15H2. The Bertz CT molecular complexity index is 1430. The van der Waals surface area contributed by atoms with Crippen LogP contribution >= 0.6 is 11.3 Å². The van der Waals surface area contributed by atoms with Crippen molar-refractivity contribution in [1.82, 2.24) is 4.98 Å². The Morgan fingerprint density at radius 1 is 0.917 bits per heavy atom. The van der Waals surface area contributed by atoms with Gasteiger partial charge in [-0.2, -0.15) is 10.5 Å². The maximum atomic E-state index is 12.5. The lowest BCUT2D eigenvalue weighted by Crippen LogP contribution is -2.33. The van der Waals surface area contributed by atoms with Crippen LogP contribution in [0.1, 0.15) is 21.6 Å². The highest BCUT2D eigenvalue weighted by Crippen LogP contribution is 2.37. The highest BCUT2D eigenvalue weighted by atomic mass is 32.1. The Morgan fingerprint density at radius 3 is 2.17 bits per heavy atom. The lowest BCUT2D eigenvalue weighted by atomic mass is 9.92. The SMILES string of the molecule is N#Cc1ccc(C(O)(COc2ccc(C#N)cc2-c2ccc(OC(F)(F)F)cc2)c2cncs2)cc1. The fourth-order valence-electron chi connectivity index (χ4n) is 3.51. The minimum absolute atomic E-state index is 0.241. The summed E-state index contributed by atoms with van der Waals surface area (Å²) in [4.78, 5) is 4.56. The third-order valence-corrected chi connectivity index (χ3v) is 6.20. The summed E-state index contributed by atoms with van der Waals surface area (Å²) in [5, 5.41) is 30.1. The number of hydrogen-bond donors (Lipinski definition) is 1. The van der Waals surface area contributed by atoms with Crippen molar-refractivity contribution in [3.05, 3.63) is 100 Å². The molecule has 180 valence electrons. The molecule has 0 fully saturated rings. The van der Waals surface area contributed by atoms with Gasteiger partial charge in [-0.05, 0) is 53.6 Å². The van der Waals surface area contributed by atoms with Crippen molar-refractivity contribution in [3.8, 4) is 34.8 Å². The summed E-state index contributed by atoms with van der Waals surface area (Å²) in [5.41, 5.74) is 2.12. The molecule has 0 aliphatic rings. The summed E-state index contributed by atoms with van der Waals surface area (Å²) in [6.07, 6.45) is -3.30.